The predicted octanol–water partition coefficient (Wildman–Crippen LogP) is 3.36. The van der Waals surface area contributed by atoms with E-state index in [1.807, 2.05) is 18.3 Å². The second kappa shape index (κ2) is 4.82. The van der Waals surface area contributed by atoms with Crippen LogP contribution >= 0.6 is 0 Å². The predicted molar refractivity (Wildman–Crippen MR) is 77.2 cm³/mol. The Labute approximate surface area is 113 Å². The maximum absolute atomic E-state index is 6.57. The minimum absolute atomic E-state index is 0.192. The Morgan fingerprint density at radius 2 is 2.00 bits per heavy atom. The number of hydrogen-bond donors (Lipinski definition) is 1. The molecule has 1 aliphatic rings. The normalized spacial score (nSPS) is 18.4. The number of ether oxygens (including phenoxy) is 1. The number of pyridine rings is 1. The van der Waals surface area contributed by atoms with E-state index in [1.54, 1.807) is 7.11 Å². The number of nitrogens with zero attached hydrogens (tertiary/aromatic N) is 1. The highest BCUT2D eigenvalue weighted by Gasteiger charge is 2.29. The highest BCUT2D eigenvalue weighted by molar-refractivity contribution is 5.84. The third-order valence-corrected chi connectivity index (χ3v) is 4.21. The van der Waals surface area contributed by atoms with Gasteiger partial charge in [0.1, 0.15) is 11.3 Å². The fraction of sp³-hybridized carbons (Fsp3) is 0.438. The summed E-state index contributed by atoms with van der Waals surface area (Å²) in [6.07, 6.45) is 7.78. The molecular weight excluding hydrogens is 236 g/mol. The van der Waals surface area contributed by atoms with Gasteiger partial charge in [0.15, 0.2) is 0 Å². The van der Waals surface area contributed by atoms with E-state index in [9.17, 15) is 0 Å². The third-order valence-electron chi connectivity index (χ3n) is 4.21. The lowest BCUT2D eigenvalue weighted by Crippen LogP contribution is -2.38. The monoisotopic (exact) mass is 256 g/mol. The van der Waals surface area contributed by atoms with Gasteiger partial charge in [0.2, 0.25) is 0 Å². The first kappa shape index (κ1) is 12.4. The summed E-state index contributed by atoms with van der Waals surface area (Å²) in [6, 6.07) is 8.18. The summed E-state index contributed by atoms with van der Waals surface area (Å²) >= 11 is 0. The molecule has 100 valence electrons. The van der Waals surface area contributed by atoms with Gasteiger partial charge in [0, 0.05) is 17.1 Å². The Kier molecular flexibility index (Phi) is 3.15. The maximum atomic E-state index is 6.57. The van der Waals surface area contributed by atoms with Crippen LogP contribution in [0.3, 0.4) is 0 Å². The smallest absolute Gasteiger partial charge is 0.145 e. The van der Waals surface area contributed by atoms with Gasteiger partial charge in [-0.2, -0.15) is 0 Å². The van der Waals surface area contributed by atoms with Crippen molar-refractivity contribution in [3.8, 4) is 5.75 Å². The zero-order valence-electron chi connectivity index (χ0n) is 11.4. The molecular formula is C16H20N2O. The van der Waals surface area contributed by atoms with E-state index >= 15 is 0 Å². The molecule has 1 saturated carbocycles. The Hall–Kier alpha value is -1.61. The largest absolute Gasteiger partial charge is 0.494 e. The quantitative estimate of drug-likeness (QED) is 0.896. The van der Waals surface area contributed by atoms with Gasteiger partial charge in [-0.15, -0.1) is 0 Å². The molecule has 1 aromatic carbocycles. The summed E-state index contributed by atoms with van der Waals surface area (Å²) in [5, 5.41) is 1.10. The molecule has 1 fully saturated rings. The van der Waals surface area contributed by atoms with Crippen LogP contribution in [-0.2, 0) is 5.54 Å². The highest BCUT2D eigenvalue weighted by Crippen LogP contribution is 2.36. The molecule has 0 saturated heterocycles. The SMILES string of the molecule is COc1cccc2cc(C3(N)CCCCC3)cnc12. The van der Waals surface area contributed by atoms with Gasteiger partial charge in [0.25, 0.3) is 0 Å². The van der Waals surface area contributed by atoms with Crippen molar-refractivity contribution < 1.29 is 4.74 Å². The summed E-state index contributed by atoms with van der Waals surface area (Å²) in [7, 11) is 1.68. The lowest BCUT2D eigenvalue weighted by Gasteiger charge is -2.33. The Morgan fingerprint density at radius 1 is 1.21 bits per heavy atom. The number of rotatable bonds is 2. The van der Waals surface area contributed by atoms with Gasteiger partial charge in [0.05, 0.1) is 7.11 Å². The van der Waals surface area contributed by atoms with Crippen molar-refractivity contribution in [2.45, 2.75) is 37.6 Å². The Bertz CT molecular complexity index is 588. The first-order chi connectivity index (χ1) is 9.23. The van der Waals surface area contributed by atoms with E-state index in [0.717, 1.165) is 35.1 Å². The van der Waals surface area contributed by atoms with E-state index in [1.165, 1.54) is 19.3 Å². The van der Waals surface area contributed by atoms with E-state index in [-0.39, 0.29) is 5.54 Å². The number of aromatic nitrogens is 1. The molecule has 3 heteroatoms. The second-order valence-electron chi connectivity index (χ2n) is 5.47. The number of nitrogens with two attached hydrogens (primary N) is 1. The van der Waals surface area contributed by atoms with Gasteiger partial charge in [-0.3, -0.25) is 4.98 Å². The summed E-state index contributed by atoms with van der Waals surface area (Å²) in [6.45, 7) is 0. The van der Waals surface area contributed by atoms with Crippen LogP contribution in [0.25, 0.3) is 10.9 Å². The van der Waals surface area contributed by atoms with Crippen LogP contribution in [-0.4, -0.2) is 12.1 Å². The van der Waals surface area contributed by atoms with Gasteiger partial charge in [-0.05, 0) is 30.5 Å². The van der Waals surface area contributed by atoms with Crippen LogP contribution in [0.4, 0.5) is 0 Å². The number of para-hydroxylation sites is 1. The van der Waals surface area contributed by atoms with Crippen molar-refractivity contribution in [3.05, 3.63) is 36.0 Å². The van der Waals surface area contributed by atoms with Crippen LogP contribution in [0, 0.1) is 0 Å². The molecule has 0 aliphatic heterocycles. The molecule has 0 radical (unpaired) electrons. The first-order valence-corrected chi connectivity index (χ1v) is 6.95. The van der Waals surface area contributed by atoms with Crippen LogP contribution in [0.15, 0.2) is 30.5 Å². The van der Waals surface area contributed by atoms with Crippen LogP contribution in [0.5, 0.6) is 5.75 Å². The molecule has 2 N–H and O–H groups in total. The number of benzene rings is 1. The van der Waals surface area contributed by atoms with Crippen molar-refractivity contribution in [1.82, 2.24) is 4.98 Å². The number of hydrogen-bond acceptors (Lipinski definition) is 3. The average molecular weight is 256 g/mol. The molecule has 0 atom stereocenters. The zero-order chi connectivity index (χ0) is 13.3. The van der Waals surface area contributed by atoms with E-state index in [2.05, 4.69) is 17.1 Å². The number of fused-ring (bicyclic) bond motifs is 1. The van der Waals surface area contributed by atoms with Gasteiger partial charge in [-0.1, -0.05) is 31.4 Å². The molecule has 3 rings (SSSR count). The summed E-state index contributed by atoms with van der Waals surface area (Å²) < 4.78 is 5.34. The van der Waals surface area contributed by atoms with E-state index < -0.39 is 0 Å². The lowest BCUT2D eigenvalue weighted by atomic mass is 9.78. The molecule has 0 bridgehead atoms. The van der Waals surface area contributed by atoms with Crippen molar-refractivity contribution in [1.29, 1.82) is 0 Å². The van der Waals surface area contributed by atoms with Gasteiger partial charge < -0.3 is 10.5 Å². The van der Waals surface area contributed by atoms with Crippen LogP contribution < -0.4 is 10.5 Å². The third kappa shape index (κ3) is 2.19. The summed E-state index contributed by atoms with van der Waals surface area (Å²) in [5.41, 5.74) is 8.45. The zero-order valence-corrected chi connectivity index (χ0v) is 11.4. The van der Waals surface area contributed by atoms with Crippen molar-refractivity contribution in [3.63, 3.8) is 0 Å². The van der Waals surface area contributed by atoms with Gasteiger partial charge in [-0.25, -0.2) is 0 Å². The van der Waals surface area contributed by atoms with Crippen LogP contribution in [0.2, 0.25) is 0 Å². The molecule has 2 aromatic rings. The van der Waals surface area contributed by atoms with Gasteiger partial charge >= 0.3 is 0 Å². The first-order valence-electron chi connectivity index (χ1n) is 6.95. The molecule has 19 heavy (non-hydrogen) atoms. The molecule has 1 heterocycles. The molecule has 0 unspecified atom stereocenters. The molecule has 0 spiro atoms. The van der Waals surface area contributed by atoms with Crippen molar-refractivity contribution >= 4 is 10.9 Å². The Morgan fingerprint density at radius 3 is 2.74 bits per heavy atom. The maximum Gasteiger partial charge on any atom is 0.145 e. The minimum atomic E-state index is -0.192. The van der Waals surface area contributed by atoms with Crippen molar-refractivity contribution in [2.75, 3.05) is 7.11 Å². The van der Waals surface area contributed by atoms with Crippen molar-refractivity contribution in [2.24, 2.45) is 5.73 Å². The fourth-order valence-corrected chi connectivity index (χ4v) is 3.04. The molecule has 0 amide bonds. The Balaban J connectivity index is 2.06. The lowest BCUT2D eigenvalue weighted by molar-refractivity contribution is 0.302. The van der Waals surface area contributed by atoms with Crippen LogP contribution in [0.1, 0.15) is 37.7 Å². The molecule has 3 nitrogen and oxygen atoms in total. The average Bonchev–Trinajstić information content (AvgIpc) is 2.47. The minimum Gasteiger partial charge on any atom is -0.494 e. The summed E-state index contributed by atoms with van der Waals surface area (Å²) in [4.78, 5) is 4.57. The topological polar surface area (TPSA) is 48.1 Å². The van der Waals surface area contributed by atoms with E-state index in [4.69, 9.17) is 10.5 Å². The molecule has 1 aliphatic carbocycles. The highest BCUT2D eigenvalue weighted by atomic mass is 16.5. The fourth-order valence-electron chi connectivity index (χ4n) is 3.04. The second-order valence-corrected chi connectivity index (χ2v) is 5.47. The standard InChI is InChI=1S/C16H20N2O/c1-19-14-7-5-6-12-10-13(11-18-15(12)14)16(17)8-3-2-4-9-16/h5-7,10-11H,2-4,8-9,17H2,1H3. The molecule has 1 aromatic heterocycles. The van der Waals surface area contributed by atoms with E-state index in [0.29, 0.717) is 0 Å². The number of methoxy groups -OCH3 is 1. The summed E-state index contributed by atoms with van der Waals surface area (Å²) in [5.74, 6) is 0.818.